The number of aromatic nitrogens is 2. The van der Waals surface area contributed by atoms with Gasteiger partial charge in [0.1, 0.15) is 0 Å². The molecule has 0 bridgehead atoms. The van der Waals surface area contributed by atoms with Crippen LogP contribution in [0.4, 0.5) is 0 Å². The normalized spacial score (nSPS) is 14.2. The largest absolute Gasteiger partial charge is 0.380 e. The SMILES string of the molecule is CCCCOCCNC(=O)c1n[nH]c2c1CNCC2. The lowest BCUT2D eigenvalue weighted by Crippen LogP contribution is -2.30. The van der Waals surface area contributed by atoms with Crippen molar-refractivity contribution in [2.24, 2.45) is 0 Å². The summed E-state index contributed by atoms with van der Waals surface area (Å²) in [4.78, 5) is 12.0. The minimum absolute atomic E-state index is 0.125. The van der Waals surface area contributed by atoms with Gasteiger partial charge >= 0.3 is 0 Å². The monoisotopic (exact) mass is 266 g/mol. The van der Waals surface area contributed by atoms with E-state index in [9.17, 15) is 4.79 Å². The first-order valence-electron chi connectivity index (χ1n) is 6.95. The first kappa shape index (κ1) is 14.0. The Hall–Kier alpha value is -1.40. The molecule has 0 atom stereocenters. The number of amides is 1. The van der Waals surface area contributed by atoms with Crippen molar-refractivity contribution in [3.05, 3.63) is 17.0 Å². The molecular formula is C13H22N4O2. The van der Waals surface area contributed by atoms with Crippen molar-refractivity contribution in [3.63, 3.8) is 0 Å². The molecule has 1 aromatic rings. The van der Waals surface area contributed by atoms with Gasteiger partial charge in [-0.25, -0.2) is 0 Å². The molecule has 106 valence electrons. The number of rotatable bonds is 7. The van der Waals surface area contributed by atoms with Crippen LogP contribution in [0.15, 0.2) is 0 Å². The lowest BCUT2D eigenvalue weighted by molar-refractivity contribution is 0.0907. The van der Waals surface area contributed by atoms with Crippen LogP contribution in [0.1, 0.15) is 41.5 Å². The van der Waals surface area contributed by atoms with Gasteiger partial charge in [0.25, 0.3) is 5.91 Å². The van der Waals surface area contributed by atoms with Crippen molar-refractivity contribution in [2.75, 3.05) is 26.3 Å². The van der Waals surface area contributed by atoms with E-state index in [1.165, 1.54) is 0 Å². The molecule has 2 rings (SSSR count). The number of nitrogens with one attached hydrogen (secondary N) is 3. The van der Waals surface area contributed by atoms with Gasteiger partial charge in [0.15, 0.2) is 5.69 Å². The van der Waals surface area contributed by atoms with Gasteiger partial charge in [-0.3, -0.25) is 9.89 Å². The van der Waals surface area contributed by atoms with Crippen LogP contribution < -0.4 is 10.6 Å². The Kier molecular flexibility index (Phi) is 5.35. The minimum atomic E-state index is -0.125. The fourth-order valence-electron chi connectivity index (χ4n) is 2.08. The number of fused-ring (bicyclic) bond motifs is 1. The average molecular weight is 266 g/mol. The smallest absolute Gasteiger partial charge is 0.272 e. The Balaban J connectivity index is 1.75. The predicted octanol–water partition coefficient (Wildman–Crippen LogP) is 0.602. The number of H-pyrrole nitrogens is 1. The number of aromatic amines is 1. The van der Waals surface area contributed by atoms with Crippen LogP contribution in [0, 0.1) is 0 Å². The molecule has 1 amide bonds. The van der Waals surface area contributed by atoms with Crippen molar-refractivity contribution in [3.8, 4) is 0 Å². The Bertz CT molecular complexity index is 417. The number of ether oxygens (including phenoxy) is 1. The van der Waals surface area contributed by atoms with Crippen LogP contribution >= 0.6 is 0 Å². The molecule has 6 heteroatoms. The molecule has 0 aromatic carbocycles. The summed E-state index contributed by atoms with van der Waals surface area (Å²) in [6.07, 6.45) is 3.08. The molecule has 0 fully saturated rings. The van der Waals surface area contributed by atoms with Crippen molar-refractivity contribution < 1.29 is 9.53 Å². The van der Waals surface area contributed by atoms with Gasteiger partial charge in [-0.05, 0) is 6.42 Å². The Morgan fingerprint density at radius 3 is 3.21 bits per heavy atom. The molecule has 0 aliphatic carbocycles. The van der Waals surface area contributed by atoms with E-state index in [1.54, 1.807) is 0 Å². The topological polar surface area (TPSA) is 79.0 Å². The van der Waals surface area contributed by atoms with E-state index >= 15 is 0 Å². The number of nitrogens with zero attached hydrogens (tertiary/aromatic N) is 1. The van der Waals surface area contributed by atoms with Crippen LogP contribution in [-0.4, -0.2) is 42.4 Å². The quantitative estimate of drug-likeness (QED) is 0.632. The number of carbonyl (C=O) groups is 1. The van der Waals surface area contributed by atoms with E-state index in [-0.39, 0.29) is 5.91 Å². The van der Waals surface area contributed by atoms with E-state index < -0.39 is 0 Å². The molecule has 19 heavy (non-hydrogen) atoms. The van der Waals surface area contributed by atoms with Crippen molar-refractivity contribution >= 4 is 5.91 Å². The summed E-state index contributed by atoms with van der Waals surface area (Å²) in [6.45, 7) is 5.60. The van der Waals surface area contributed by atoms with E-state index in [4.69, 9.17) is 4.74 Å². The third kappa shape index (κ3) is 3.78. The molecule has 0 radical (unpaired) electrons. The molecule has 0 unspecified atom stereocenters. The second kappa shape index (κ2) is 7.25. The highest BCUT2D eigenvalue weighted by atomic mass is 16.5. The van der Waals surface area contributed by atoms with E-state index in [1.807, 2.05) is 0 Å². The van der Waals surface area contributed by atoms with Crippen LogP contribution in [0.25, 0.3) is 0 Å². The maximum atomic E-state index is 12.0. The van der Waals surface area contributed by atoms with Gasteiger partial charge in [0, 0.05) is 43.9 Å². The van der Waals surface area contributed by atoms with Crippen molar-refractivity contribution in [1.29, 1.82) is 0 Å². The van der Waals surface area contributed by atoms with Crippen molar-refractivity contribution in [2.45, 2.75) is 32.7 Å². The zero-order chi connectivity index (χ0) is 13.5. The third-order valence-corrected chi connectivity index (χ3v) is 3.20. The zero-order valence-corrected chi connectivity index (χ0v) is 11.4. The predicted molar refractivity (Wildman–Crippen MR) is 72.1 cm³/mol. The van der Waals surface area contributed by atoms with Crippen LogP contribution in [0.3, 0.4) is 0 Å². The Morgan fingerprint density at radius 2 is 2.37 bits per heavy atom. The summed E-state index contributed by atoms with van der Waals surface area (Å²) in [5.41, 5.74) is 2.58. The van der Waals surface area contributed by atoms with Gasteiger partial charge in [0.2, 0.25) is 0 Å². The van der Waals surface area contributed by atoms with E-state index in [2.05, 4.69) is 27.8 Å². The lowest BCUT2D eigenvalue weighted by Gasteiger charge is -2.12. The van der Waals surface area contributed by atoms with Crippen LogP contribution in [-0.2, 0) is 17.7 Å². The highest BCUT2D eigenvalue weighted by Crippen LogP contribution is 2.14. The summed E-state index contributed by atoms with van der Waals surface area (Å²) in [7, 11) is 0. The van der Waals surface area contributed by atoms with Crippen LogP contribution in [0.5, 0.6) is 0 Å². The standard InChI is InChI=1S/C13H22N4O2/c1-2-3-7-19-8-6-15-13(18)12-10-9-14-5-4-11(10)16-17-12/h14H,2-9H2,1H3,(H,15,18)(H,16,17). The average Bonchev–Trinajstić information content (AvgIpc) is 2.86. The van der Waals surface area contributed by atoms with Gasteiger partial charge in [-0.2, -0.15) is 5.10 Å². The first-order chi connectivity index (χ1) is 9.33. The molecule has 1 aliphatic heterocycles. The van der Waals surface area contributed by atoms with E-state index in [0.717, 1.165) is 43.7 Å². The number of hydrogen-bond donors (Lipinski definition) is 3. The zero-order valence-electron chi connectivity index (χ0n) is 11.4. The Morgan fingerprint density at radius 1 is 1.47 bits per heavy atom. The number of carbonyl (C=O) groups excluding carboxylic acids is 1. The fraction of sp³-hybridized carbons (Fsp3) is 0.692. The lowest BCUT2D eigenvalue weighted by atomic mass is 10.1. The molecule has 2 heterocycles. The first-order valence-corrected chi connectivity index (χ1v) is 6.95. The summed E-state index contributed by atoms with van der Waals surface area (Å²) >= 11 is 0. The Labute approximate surface area is 113 Å². The maximum Gasteiger partial charge on any atom is 0.272 e. The molecule has 0 spiro atoms. The third-order valence-electron chi connectivity index (χ3n) is 3.20. The number of hydrogen-bond acceptors (Lipinski definition) is 4. The fourth-order valence-corrected chi connectivity index (χ4v) is 2.08. The molecule has 1 aliphatic rings. The molecule has 1 aromatic heterocycles. The summed E-state index contributed by atoms with van der Waals surface area (Å²) in [5, 5.41) is 13.1. The highest BCUT2D eigenvalue weighted by Gasteiger charge is 2.20. The summed E-state index contributed by atoms with van der Waals surface area (Å²) in [5.74, 6) is -0.125. The second-order valence-corrected chi connectivity index (χ2v) is 4.68. The van der Waals surface area contributed by atoms with E-state index in [0.29, 0.717) is 25.4 Å². The van der Waals surface area contributed by atoms with Gasteiger partial charge in [-0.1, -0.05) is 13.3 Å². The molecule has 0 saturated heterocycles. The van der Waals surface area contributed by atoms with Gasteiger partial charge in [0.05, 0.1) is 6.61 Å². The minimum Gasteiger partial charge on any atom is -0.380 e. The highest BCUT2D eigenvalue weighted by molar-refractivity contribution is 5.94. The van der Waals surface area contributed by atoms with Gasteiger partial charge < -0.3 is 15.4 Å². The summed E-state index contributed by atoms with van der Waals surface area (Å²) in [6, 6.07) is 0. The number of unbranched alkanes of at least 4 members (excludes halogenated alkanes) is 1. The maximum absolute atomic E-state index is 12.0. The molecule has 3 N–H and O–H groups in total. The molecule has 6 nitrogen and oxygen atoms in total. The molecule has 0 saturated carbocycles. The van der Waals surface area contributed by atoms with Gasteiger partial charge in [-0.15, -0.1) is 0 Å². The van der Waals surface area contributed by atoms with Crippen LogP contribution in [0.2, 0.25) is 0 Å². The second-order valence-electron chi connectivity index (χ2n) is 4.68. The van der Waals surface area contributed by atoms with Crippen molar-refractivity contribution in [1.82, 2.24) is 20.8 Å². The molecular weight excluding hydrogens is 244 g/mol. The summed E-state index contributed by atoms with van der Waals surface area (Å²) < 4.78 is 5.40.